The summed E-state index contributed by atoms with van der Waals surface area (Å²) < 4.78 is 11.0. The van der Waals surface area contributed by atoms with Gasteiger partial charge in [-0.15, -0.1) is 0 Å². The van der Waals surface area contributed by atoms with Gasteiger partial charge in [0.2, 0.25) is 5.91 Å². The van der Waals surface area contributed by atoms with Crippen molar-refractivity contribution in [3.63, 3.8) is 0 Å². The second-order valence-electron chi connectivity index (χ2n) is 7.37. The number of anilines is 1. The highest BCUT2D eigenvalue weighted by Gasteiger charge is 2.16. The van der Waals surface area contributed by atoms with Crippen LogP contribution in [0.3, 0.4) is 0 Å². The summed E-state index contributed by atoms with van der Waals surface area (Å²) in [6.45, 7) is 0.643. The number of nitrogens with zero attached hydrogens (tertiary/aromatic N) is 1. The molecule has 1 amide bonds. The standard InChI is InChI=1S/C23H28N2O4/c1-28-19-11-9-18(10-12-19)20(26)13-14-22(27)25-23-21(8-5-15-24-23)29-16-17-6-3-2-4-7-17/h5,8-12,15,17H,2-4,6-7,13-14,16H2,1H3,(H,24,25,27). The van der Waals surface area contributed by atoms with Crippen molar-refractivity contribution in [1.82, 2.24) is 4.98 Å². The van der Waals surface area contributed by atoms with E-state index in [4.69, 9.17) is 9.47 Å². The molecule has 0 radical (unpaired) electrons. The summed E-state index contributed by atoms with van der Waals surface area (Å²) in [6.07, 6.45) is 8.03. The van der Waals surface area contributed by atoms with E-state index in [0.29, 0.717) is 35.4 Å². The summed E-state index contributed by atoms with van der Waals surface area (Å²) >= 11 is 0. The SMILES string of the molecule is COc1ccc(C(=O)CCC(=O)Nc2ncccc2OCC2CCCCC2)cc1. The molecule has 0 bridgehead atoms. The number of methoxy groups -OCH3 is 1. The quantitative estimate of drug-likeness (QED) is 0.624. The Hall–Kier alpha value is -2.89. The molecule has 1 N–H and O–H groups in total. The lowest BCUT2D eigenvalue weighted by atomic mass is 9.90. The Morgan fingerprint density at radius 1 is 1.07 bits per heavy atom. The molecule has 1 aromatic carbocycles. The number of hydrogen-bond acceptors (Lipinski definition) is 5. The lowest BCUT2D eigenvalue weighted by molar-refractivity contribution is -0.116. The summed E-state index contributed by atoms with van der Waals surface area (Å²) in [5.41, 5.74) is 0.563. The number of hydrogen-bond donors (Lipinski definition) is 1. The van der Waals surface area contributed by atoms with Crippen molar-refractivity contribution < 1.29 is 19.1 Å². The number of ether oxygens (including phenoxy) is 2. The van der Waals surface area contributed by atoms with Gasteiger partial charge in [0.15, 0.2) is 17.4 Å². The fourth-order valence-electron chi connectivity index (χ4n) is 3.51. The van der Waals surface area contributed by atoms with Gasteiger partial charge in [-0.3, -0.25) is 9.59 Å². The van der Waals surface area contributed by atoms with E-state index in [0.717, 1.165) is 0 Å². The van der Waals surface area contributed by atoms with Gasteiger partial charge in [0.25, 0.3) is 0 Å². The zero-order chi connectivity index (χ0) is 20.5. The Bertz CT molecular complexity index is 814. The maximum atomic E-state index is 12.3. The number of ketones is 1. The number of nitrogens with one attached hydrogen (secondary N) is 1. The van der Waals surface area contributed by atoms with Crippen molar-refractivity contribution in [3.8, 4) is 11.5 Å². The Kier molecular flexibility index (Phi) is 7.61. The lowest BCUT2D eigenvalue weighted by Crippen LogP contribution is -2.18. The minimum atomic E-state index is -0.256. The monoisotopic (exact) mass is 396 g/mol. The maximum absolute atomic E-state index is 12.3. The smallest absolute Gasteiger partial charge is 0.226 e. The van der Waals surface area contributed by atoms with E-state index in [2.05, 4.69) is 10.3 Å². The first-order valence-corrected chi connectivity index (χ1v) is 10.2. The van der Waals surface area contributed by atoms with E-state index >= 15 is 0 Å². The van der Waals surface area contributed by atoms with E-state index in [-0.39, 0.29) is 24.5 Å². The van der Waals surface area contributed by atoms with Crippen LogP contribution in [0.2, 0.25) is 0 Å². The van der Waals surface area contributed by atoms with Gasteiger partial charge in [-0.05, 0) is 55.2 Å². The van der Waals surface area contributed by atoms with Crippen molar-refractivity contribution in [2.75, 3.05) is 19.0 Å². The zero-order valence-electron chi connectivity index (χ0n) is 16.9. The first-order valence-electron chi connectivity index (χ1n) is 10.2. The molecule has 1 aliphatic carbocycles. The number of aromatic nitrogens is 1. The third kappa shape index (κ3) is 6.31. The van der Waals surface area contributed by atoms with E-state index in [1.54, 1.807) is 43.6 Å². The van der Waals surface area contributed by atoms with Crippen molar-refractivity contribution in [3.05, 3.63) is 48.2 Å². The van der Waals surface area contributed by atoms with E-state index < -0.39 is 0 Å². The summed E-state index contributed by atoms with van der Waals surface area (Å²) in [6, 6.07) is 10.5. The second-order valence-corrected chi connectivity index (χ2v) is 7.37. The molecule has 3 rings (SSSR count). The Morgan fingerprint density at radius 2 is 1.83 bits per heavy atom. The van der Waals surface area contributed by atoms with Gasteiger partial charge in [0.05, 0.1) is 13.7 Å². The highest BCUT2D eigenvalue weighted by atomic mass is 16.5. The van der Waals surface area contributed by atoms with Crippen LogP contribution in [0.5, 0.6) is 11.5 Å². The third-order valence-corrected chi connectivity index (χ3v) is 5.22. The van der Waals surface area contributed by atoms with Gasteiger partial charge in [0, 0.05) is 24.6 Å². The number of benzene rings is 1. The molecule has 0 spiro atoms. The van der Waals surface area contributed by atoms with Crippen molar-refractivity contribution in [2.24, 2.45) is 5.92 Å². The van der Waals surface area contributed by atoms with Crippen LogP contribution in [-0.4, -0.2) is 30.4 Å². The van der Waals surface area contributed by atoms with Crippen LogP contribution in [0, 0.1) is 5.92 Å². The van der Waals surface area contributed by atoms with E-state index in [9.17, 15) is 9.59 Å². The molecule has 6 nitrogen and oxygen atoms in total. The Labute approximate surface area is 171 Å². The molecule has 0 saturated heterocycles. The van der Waals surface area contributed by atoms with Crippen LogP contribution < -0.4 is 14.8 Å². The maximum Gasteiger partial charge on any atom is 0.226 e. The summed E-state index contributed by atoms with van der Waals surface area (Å²) in [4.78, 5) is 28.8. The molecule has 0 aliphatic heterocycles. The number of rotatable bonds is 9. The third-order valence-electron chi connectivity index (χ3n) is 5.22. The Morgan fingerprint density at radius 3 is 2.55 bits per heavy atom. The summed E-state index contributed by atoms with van der Waals surface area (Å²) in [5.74, 6) is 1.90. The van der Waals surface area contributed by atoms with Crippen LogP contribution in [-0.2, 0) is 4.79 Å². The number of carbonyl (C=O) groups excluding carboxylic acids is 2. The van der Waals surface area contributed by atoms with Crippen LogP contribution in [0.25, 0.3) is 0 Å². The fraction of sp³-hybridized carbons (Fsp3) is 0.435. The molecular formula is C23H28N2O4. The first kappa shape index (κ1) is 20.8. The van der Waals surface area contributed by atoms with Crippen LogP contribution in [0.1, 0.15) is 55.3 Å². The van der Waals surface area contributed by atoms with Gasteiger partial charge in [-0.1, -0.05) is 19.3 Å². The second kappa shape index (κ2) is 10.6. The first-order chi connectivity index (χ1) is 14.2. The molecule has 1 fully saturated rings. The highest BCUT2D eigenvalue weighted by Crippen LogP contribution is 2.27. The van der Waals surface area contributed by atoms with Crippen LogP contribution in [0.15, 0.2) is 42.6 Å². The number of Topliss-reactive ketones (excluding diaryl/α,β-unsaturated/α-hetero) is 1. The number of amides is 1. The minimum Gasteiger partial charge on any atom is -0.497 e. The molecule has 1 saturated carbocycles. The zero-order valence-corrected chi connectivity index (χ0v) is 16.9. The largest absolute Gasteiger partial charge is 0.497 e. The fourth-order valence-corrected chi connectivity index (χ4v) is 3.51. The van der Waals surface area contributed by atoms with Gasteiger partial charge in [-0.25, -0.2) is 4.98 Å². The van der Waals surface area contributed by atoms with Gasteiger partial charge in [-0.2, -0.15) is 0 Å². The topological polar surface area (TPSA) is 77.5 Å². The molecule has 0 atom stereocenters. The van der Waals surface area contributed by atoms with Crippen molar-refractivity contribution >= 4 is 17.5 Å². The van der Waals surface area contributed by atoms with Crippen molar-refractivity contribution in [2.45, 2.75) is 44.9 Å². The van der Waals surface area contributed by atoms with E-state index in [1.165, 1.54) is 32.1 Å². The van der Waals surface area contributed by atoms with Crippen LogP contribution in [0.4, 0.5) is 5.82 Å². The number of carbonyl (C=O) groups is 2. The Balaban J connectivity index is 1.50. The summed E-state index contributed by atoms with van der Waals surface area (Å²) in [7, 11) is 1.58. The average Bonchev–Trinajstić information content (AvgIpc) is 2.77. The van der Waals surface area contributed by atoms with Crippen molar-refractivity contribution in [1.29, 1.82) is 0 Å². The predicted molar refractivity (Wildman–Crippen MR) is 111 cm³/mol. The van der Waals surface area contributed by atoms with E-state index in [1.807, 2.05) is 6.07 Å². The van der Waals surface area contributed by atoms with Gasteiger partial charge in [0.1, 0.15) is 5.75 Å². The molecule has 6 heteroatoms. The molecule has 1 aromatic heterocycles. The molecule has 1 heterocycles. The predicted octanol–water partition coefficient (Wildman–Crippen LogP) is 4.65. The van der Waals surface area contributed by atoms with Gasteiger partial charge < -0.3 is 14.8 Å². The summed E-state index contributed by atoms with van der Waals surface area (Å²) in [5, 5.41) is 2.78. The molecule has 2 aromatic rings. The highest BCUT2D eigenvalue weighted by molar-refractivity contribution is 6.00. The molecule has 1 aliphatic rings. The minimum absolute atomic E-state index is 0.0856. The van der Waals surface area contributed by atoms with Gasteiger partial charge >= 0.3 is 0 Å². The molecule has 0 unspecified atom stereocenters. The molecule has 154 valence electrons. The molecular weight excluding hydrogens is 368 g/mol. The molecule has 29 heavy (non-hydrogen) atoms. The number of pyridine rings is 1. The normalized spacial score (nSPS) is 14.2. The lowest BCUT2D eigenvalue weighted by Gasteiger charge is -2.22. The average molecular weight is 396 g/mol. The van der Waals surface area contributed by atoms with Crippen LogP contribution >= 0.6 is 0 Å².